The Morgan fingerprint density at radius 3 is 2.71 bits per heavy atom. The van der Waals surface area contributed by atoms with Crippen molar-refractivity contribution in [2.75, 3.05) is 11.5 Å². The predicted molar refractivity (Wildman–Crippen MR) is 75.2 cm³/mol. The summed E-state index contributed by atoms with van der Waals surface area (Å²) in [6.45, 7) is 4.23. The maximum atomic E-state index is 11.8. The van der Waals surface area contributed by atoms with Crippen molar-refractivity contribution in [3.63, 3.8) is 0 Å². The van der Waals surface area contributed by atoms with Crippen LogP contribution in [0, 0.1) is 0 Å². The Hall–Kier alpha value is -0.220. The van der Waals surface area contributed by atoms with Gasteiger partial charge >= 0.3 is 0 Å². The van der Waals surface area contributed by atoms with E-state index in [9.17, 15) is 4.79 Å². The highest BCUT2D eigenvalue weighted by atomic mass is 32.2. The van der Waals surface area contributed by atoms with Gasteiger partial charge in [-0.05, 0) is 37.7 Å². The Bertz CT molecular complexity index is 240. The highest BCUT2D eigenvalue weighted by Crippen LogP contribution is 2.29. The molecule has 1 saturated carbocycles. The molecule has 0 heterocycles. The van der Waals surface area contributed by atoms with Gasteiger partial charge in [0.25, 0.3) is 0 Å². The van der Waals surface area contributed by atoms with E-state index in [-0.39, 0.29) is 17.5 Å². The fourth-order valence-electron chi connectivity index (χ4n) is 2.38. The third-order valence-corrected chi connectivity index (χ3v) is 4.35. The zero-order chi connectivity index (χ0) is 12.7. The SMILES string of the molecule is CCSCCC(C)NC(=O)CC1(N)CCCC1. The zero-order valence-corrected chi connectivity index (χ0v) is 11.9. The molecule has 17 heavy (non-hydrogen) atoms. The number of nitrogens with two attached hydrogens (primary N) is 1. The van der Waals surface area contributed by atoms with Crippen LogP contribution in [0.3, 0.4) is 0 Å². The minimum atomic E-state index is -0.220. The molecule has 0 radical (unpaired) electrons. The number of nitrogens with one attached hydrogen (secondary N) is 1. The molecule has 0 aromatic heterocycles. The molecular weight excluding hydrogens is 232 g/mol. The van der Waals surface area contributed by atoms with Crippen molar-refractivity contribution in [3.8, 4) is 0 Å². The Kier molecular flexibility index (Phi) is 6.34. The maximum Gasteiger partial charge on any atom is 0.222 e. The van der Waals surface area contributed by atoms with Crippen LogP contribution in [0.15, 0.2) is 0 Å². The van der Waals surface area contributed by atoms with Crippen LogP contribution in [0.25, 0.3) is 0 Å². The lowest BCUT2D eigenvalue weighted by atomic mass is 9.94. The van der Waals surface area contributed by atoms with Crippen LogP contribution in [0.5, 0.6) is 0 Å². The van der Waals surface area contributed by atoms with Crippen LogP contribution in [0.1, 0.15) is 52.4 Å². The minimum Gasteiger partial charge on any atom is -0.354 e. The summed E-state index contributed by atoms with van der Waals surface area (Å²) in [5.74, 6) is 2.39. The molecular formula is C13H26N2OS. The molecule has 0 bridgehead atoms. The summed E-state index contributed by atoms with van der Waals surface area (Å²) < 4.78 is 0. The highest BCUT2D eigenvalue weighted by molar-refractivity contribution is 7.99. The lowest BCUT2D eigenvalue weighted by molar-refractivity contribution is -0.122. The molecule has 0 aromatic carbocycles. The summed E-state index contributed by atoms with van der Waals surface area (Å²) in [5.41, 5.74) is 5.97. The molecule has 1 aliphatic carbocycles. The molecule has 1 unspecified atom stereocenters. The van der Waals surface area contributed by atoms with E-state index in [0.717, 1.165) is 30.8 Å². The Balaban J connectivity index is 2.19. The van der Waals surface area contributed by atoms with E-state index in [4.69, 9.17) is 5.73 Å². The van der Waals surface area contributed by atoms with Gasteiger partial charge in [0, 0.05) is 18.0 Å². The first-order valence-corrected chi connectivity index (χ1v) is 7.87. The van der Waals surface area contributed by atoms with Gasteiger partial charge in [0.05, 0.1) is 0 Å². The van der Waals surface area contributed by atoms with Gasteiger partial charge in [0.15, 0.2) is 0 Å². The van der Waals surface area contributed by atoms with Crippen molar-refractivity contribution in [1.29, 1.82) is 0 Å². The molecule has 1 aliphatic rings. The summed E-state index contributed by atoms with van der Waals surface area (Å²) in [7, 11) is 0. The van der Waals surface area contributed by atoms with Gasteiger partial charge in [-0.15, -0.1) is 0 Å². The number of rotatable bonds is 7. The lowest BCUT2D eigenvalue weighted by Crippen LogP contribution is -2.44. The average Bonchev–Trinajstić information content (AvgIpc) is 2.64. The summed E-state index contributed by atoms with van der Waals surface area (Å²) >= 11 is 1.92. The van der Waals surface area contributed by atoms with Gasteiger partial charge in [-0.1, -0.05) is 19.8 Å². The molecule has 1 rings (SSSR count). The van der Waals surface area contributed by atoms with Crippen molar-refractivity contribution in [2.45, 2.75) is 64.0 Å². The normalized spacial score (nSPS) is 20.2. The van der Waals surface area contributed by atoms with E-state index >= 15 is 0 Å². The fourth-order valence-corrected chi connectivity index (χ4v) is 3.19. The van der Waals surface area contributed by atoms with Crippen molar-refractivity contribution in [2.24, 2.45) is 5.73 Å². The van der Waals surface area contributed by atoms with Gasteiger partial charge in [0.1, 0.15) is 0 Å². The number of hydrogen-bond donors (Lipinski definition) is 2. The van der Waals surface area contributed by atoms with Crippen LogP contribution < -0.4 is 11.1 Å². The van der Waals surface area contributed by atoms with Gasteiger partial charge in [0.2, 0.25) is 5.91 Å². The van der Waals surface area contributed by atoms with Gasteiger partial charge in [-0.2, -0.15) is 11.8 Å². The highest BCUT2D eigenvalue weighted by Gasteiger charge is 2.31. The smallest absolute Gasteiger partial charge is 0.222 e. The lowest BCUT2D eigenvalue weighted by Gasteiger charge is -2.24. The number of carbonyl (C=O) groups excluding carboxylic acids is 1. The van der Waals surface area contributed by atoms with Crippen LogP contribution in [0.4, 0.5) is 0 Å². The first-order valence-electron chi connectivity index (χ1n) is 6.72. The van der Waals surface area contributed by atoms with E-state index in [1.807, 2.05) is 11.8 Å². The quantitative estimate of drug-likeness (QED) is 0.689. The average molecular weight is 258 g/mol. The summed E-state index contributed by atoms with van der Waals surface area (Å²) in [5, 5.41) is 3.06. The monoisotopic (exact) mass is 258 g/mol. The van der Waals surface area contributed by atoms with E-state index in [0.29, 0.717) is 6.42 Å². The van der Waals surface area contributed by atoms with Crippen molar-refractivity contribution in [3.05, 3.63) is 0 Å². The molecule has 1 atom stereocenters. The Morgan fingerprint density at radius 1 is 1.47 bits per heavy atom. The summed E-state index contributed by atoms with van der Waals surface area (Å²) in [4.78, 5) is 11.8. The third kappa shape index (κ3) is 5.77. The van der Waals surface area contributed by atoms with E-state index in [1.54, 1.807) is 0 Å². The zero-order valence-electron chi connectivity index (χ0n) is 11.1. The van der Waals surface area contributed by atoms with Gasteiger partial charge < -0.3 is 11.1 Å². The molecule has 4 heteroatoms. The summed E-state index contributed by atoms with van der Waals surface area (Å²) in [6, 6.07) is 0.270. The second-order valence-corrected chi connectivity index (χ2v) is 6.59. The number of thioether (sulfide) groups is 1. The Morgan fingerprint density at radius 2 is 2.12 bits per heavy atom. The topological polar surface area (TPSA) is 55.1 Å². The first kappa shape index (κ1) is 14.8. The van der Waals surface area contributed by atoms with E-state index in [2.05, 4.69) is 19.2 Å². The molecule has 0 aliphatic heterocycles. The standard InChI is InChI=1S/C13H26N2OS/c1-3-17-9-6-11(2)15-12(16)10-13(14)7-4-5-8-13/h11H,3-10,14H2,1-2H3,(H,15,16). The number of carbonyl (C=O) groups is 1. The number of amides is 1. The van der Waals surface area contributed by atoms with Crippen LogP contribution >= 0.6 is 11.8 Å². The maximum absolute atomic E-state index is 11.8. The molecule has 0 saturated heterocycles. The largest absolute Gasteiger partial charge is 0.354 e. The van der Waals surface area contributed by atoms with E-state index in [1.165, 1.54) is 12.8 Å². The second-order valence-electron chi connectivity index (χ2n) is 5.20. The van der Waals surface area contributed by atoms with Gasteiger partial charge in [-0.25, -0.2) is 0 Å². The van der Waals surface area contributed by atoms with Crippen LogP contribution in [-0.4, -0.2) is 29.0 Å². The first-order chi connectivity index (χ1) is 8.06. The van der Waals surface area contributed by atoms with Crippen molar-refractivity contribution in [1.82, 2.24) is 5.32 Å². The minimum absolute atomic E-state index is 0.128. The molecule has 1 amide bonds. The Labute approximate surface area is 109 Å². The molecule has 1 fully saturated rings. The third-order valence-electron chi connectivity index (χ3n) is 3.42. The van der Waals surface area contributed by atoms with E-state index < -0.39 is 0 Å². The fraction of sp³-hybridized carbons (Fsp3) is 0.923. The molecule has 0 spiro atoms. The number of hydrogen-bond acceptors (Lipinski definition) is 3. The molecule has 3 N–H and O–H groups in total. The van der Waals surface area contributed by atoms with Crippen LogP contribution in [0.2, 0.25) is 0 Å². The summed E-state index contributed by atoms with van der Waals surface area (Å²) in [6.07, 6.45) is 5.89. The molecule has 100 valence electrons. The second kappa shape index (κ2) is 7.27. The predicted octanol–water partition coefficient (Wildman–Crippen LogP) is 2.30. The van der Waals surface area contributed by atoms with Crippen molar-refractivity contribution < 1.29 is 4.79 Å². The van der Waals surface area contributed by atoms with Gasteiger partial charge in [-0.3, -0.25) is 4.79 Å². The molecule has 0 aromatic rings. The van der Waals surface area contributed by atoms with Crippen LogP contribution in [-0.2, 0) is 4.79 Å². The molecule has 3 nitrogen and oxygen atoms in total. The van der Waals surface area contributed by atoms with Crippen molar-refractivity contribution >= 4 is 17.7 Å².